The van der Waals surface area contributed by atoms with Crippen LogP contribution in [0.2, 0.25) is 0 Å². The number of rotatable bonds is 3. The molecule has 4 heterocycles. The van der Waals surface area contributed by atoms with E-state index >= 15 is 0 Å². The highest BCUT2D eigenvalue weighted by Crippen LogP contribution is 2.33. The van der Waals surface area contributed by atoms with Gasteiger partial charge in [0.15, 0.2) is 10.9 Å². The summed E-state index contributed by atoms with van der Waals surface area (Å²) in [6.45, 7) is 7.89. The summed E-state index contributed by atoms with van der Waals surface area (Å²) >= 11 is 1.89. The zero-order chi connectivity index (χ0) is 18.4. The van der Waals surface area contributed by atoms with E-state index in [-0.39, 0.29) is 0 Å². The molecule has 0 saturated carbocycles. The first-order valence-corrected chi connectivity index (χ1v) is 10.3. The summed E-state index contributed by atoms with van der Waals surface area (Å²) in [7, 11) is 0. The van der Waals surface area contributed by atoms with E-state index in [4.69, 9.17) is 4.98 Å². The van der Waals surface area contributed by atoms with Crippen LogP contribution < -0.4 is 9.80 Å². The second kappa shape index (κ2) is 6.60. The van der Waals surface area contributed by atoms with Crippen molar-refractivity contribution in [2.45, 2.75) is 33.1 Å². The van der Waals surface area contributed by atoms with Crippen molar-refractivity contribution >= 4 is 22.3 Å². The molecule has 3 aromatic heterocycles. The minimum atomic E-state index is 0.823. The standard InChI is InChI=1S/C19H23N7S/c1-13-10-14(2)26(23-13)18-11-17(20-12-21-18)24-6-8-25(9-7-24)19-22-15-4-3-5-16(15)27-19/h10-12H,3-9H2,1-2H3. The predicted molar refractivity (Wildman–Crippen MR) is 107 cm³/mol. The van der Waals surface area contributed by atoms with Crippen LogP contribution in [0.4, 0.5) is 10.9 Å². The number of thiazole rings is 1. The molecule has 1 fully saturated rings. The largest absolute Gasteiger partial charge is 0.353 e. The van der Waals surface area contributed by atoms with Crippen LogP contribution in [0.5, 0.6) is 0 Å². The molecule has 1 aliphatic heterocycles. The molecule has 140 valence electrons. The van der Waals surface area contributed by atoms with E-state index in [2.05, 4.69) is 30.9 Å². The van der Waals surface area contributed by atoms with Crippen LogP contribution in [0.1, 0.15) is 28.4 Å². The summed E-state index contributed by atoms with van der Waals surface area (Å²) in [4.78, 5) is 20.0. The molecule has 0 unspecified atom stereocenters. The number of aromatic nitrogens is 5. The van der Waals surface area contributed by atoms with Crippen molar-refractivity contribution in [1.29, 1.82) is 0 Å². The molecule has 0 spiro atoms. The second-order valence-electron chi connectivity index (χ2n) is 7.27. The van der Waals surface area contributed by atoms with Gasteiger partial charge in [-0.25, -0.2) is 19.6 Å². The van der Waals surface area contributed by atoms with Gasteiger partial charge in [-0.15, -0.1) is 11.3 Å². The molecule has 0 radical (unpaired) electrons. The highest BCUT2D eigenvalue weighted by molar-refractivity contribution is 7.15. The molecular weight excluding hydrogens is 358 g/mol. The molecule has 0 atom stereocenters. The monoisotopic (exact) mass is 381 g/mol. The fourth-order valence-electron chi connectivity index (χ4n) is 3.93. The maximum Gasteiger partial charge on any atom is 0.185 e. The van der Waals surface area contributed by atoms with Crippen LogP contribution in [0, 0.1) is 13.8 Å². The van der Waals surface area contributed by atoms with Crippen molar-refractivity contribution in [3.8, 4) is 5.82 Å². The van der Waals surface area contributed by atoms with Crippen molar-refractivity contribution in [2.75, 3.05) is 36.0 Å². The molecule has 1 aliphatic carbocycles. The summed E-state index contributed by atoms with van der Waals surface area (Å²) < 4.78 is 1.88. The summed E-state index contributed by atoms with van der Waals surface area (Å²) in [6.07, 6.45) is 5.28. The van der Waals surface area contributed by atoms with Gasteiger partial charge in [-0.1, -0.05) is 0 Å². The maximum atomic E-state index is 4.87. The van der Waals surface area contributed by atoms with Crippen LogP contribution in [0.25, 0.3) is 5.82 Å². The van der Waals surface area contributed by atoms with Gasteiger partial charge < -0.3 is 9.80 Å². The minimum absolute atomic E-state index is 0.823. The van der Waals surface area contributed by atoms with Gasteiger partial charge in [-0.2, -0.15) is 5.10 Å². The predicted octanol–water partition coefficient (Wildman–Crippen LogP) is 2.55. The van der Waals surface area contributed by atoms with Gasteiger partial charge in [0.05, 0.1) is 11.4 Å². The van der Waals surface area contributed by atoms with Crippen LogP contribution in [0.15, 0.2) is 18.5 Å². The SMILES string of the molecule is Cc1cc(C)n(-c2cc(N3CCN(c4nc5c(s4)CCC5)CC3)ncn2)n1. The Bertz CT molecular complexity index is 947. The van der Waals surface area contributed by atoms with E-state index < -0.39 is 0 Å². The maximum absolute atomic E-state index is 4.87. The fraction of sp³-hybridized carbons (Fsp3) is 0.474. The molecule has 7 nitrogen and oxygen atoms in total. The Morgan fingerprint density at radius 3 is 2.44 bits per heavy atom. The van der Waals surface area contributed by atoms with Crippen LogP contribution in [0.3, 0.4) is 0 Å². The van der Waals surface area contributed by atoms with Gasteiger partial charge in [-0.05, 0) is 39.2 Å². The van der Waals surface area contributed by atoms with Gasteiger partial charge in [-0.3, -0.25) is 0 Å². The third kappa shape index (κ3) is 3.07. The van der Waals surface area contributed by atoms with E-state index in [1.807, 2.05) is 35.9 Å². The van der Waals surface area contributed by atoms with E-state index in [9.17, 15) is 0 Å². The number of piperazine rings is 1. The highest BCUT2D eigenvalue weighted by atomic mass is 32.1. The molecule has 27 heavy (non-hydrogen) atoms. The van der Waals surface area contributed by atoms with Gasteiger partial charge in [0.2, 0.25) is 0 Å². The van der Waals surface area contributed by atoms with Crippen molar-refractivity contribution in [3.05, 3.63) is 40.4 Å². The molecule has 3 aromatic rings. The van der Waals surface area contributed by atoms with Crippen LogP contribution in [-0.4, -0.2) is 50.9 Å². The fourth-order valence-corrected chi connectivity index (χ4v) is 5.13. The Balaban J connectivity index is 1.30. The van der Waals surface area contributed by atoms with Gasteiger partial charge >= 0.3 is 0 Å². The lowest BCUT2D eigenvalue weighted by molar-refractivity contribution is 0.643. The Kier molecular flexibility index (Phi) is 4.07. The molecule has 1 saturated heterocycles. The smallest absolute Gasteiger partial charge is 0.185 e. The average Bonchev–Trinajstić information content (AvgIpc) is 3.36. The minimum Gasteiger partial charge on any atom is -0.353 e. The molecule has 0 N–H and O–H groups in total. The highest BCUT2D eigenvalue weighted by Gasteiger charge is 2.24. The van der Waals surface area contributed by atoms with Crippen molar-refractivity contribution in [3.63, 3.8) is 0 Å². The first-order chi connectivity index (χ1) is 13.2. The third-order valence-corrected chi connectivity index (χ3v) is 6.54. The molecule has 0 aromatic carbocycles. The molecular formula is C19H23N7S. The lowest BCUT2D eigenvalue weighted by atomic mass is 10.3. The molecule has 0 bridgehead atoms. The zero-order valence-corrected chi connectivity index (χ0v) is 16.5. The molecule has 5 rings (SSSR count). The van der Waals surface area contributed by atoms with E-state index in [0.717, 1.165) is 55.6 Å². The number of fused-ring (bicyclic) bond motifs is 1. The summed E-state index contributed by atoms with van der Waals surface area (Å²) in [5.41, 5.74) is 3.41. The molecule has 2 aliphatic rings. The molecule has 0 amide bonds. The van der Waals surface area contributed by atoms with Gasteiger partial charge in [0, 0.05) is 42.8 Å². The number of hydrogen-bond acceptors (Lipinski definition) is 7. The van der Waals surface area contributed by atoms with Crippen LogP contribution >= 0.6 is 11.3 Å². The van der Waals surface area contributed by atoms with Crippen molar-refractivity contribution in [2.24, 2.45) is 0 Å². The third-order valence-electron chi connectivity index (χ3n) is 5.32. The van der Waals surface area contributed by atoms with Gasteiger partial charge in [0.1, 0.15) is 12.1 Å². The number of hydrogen-bond donors (Lipinski definition) is 0. The number of aryl methyl sites for hydroxylation is 4. The van der Waals surface area contributed by atoms with Crippen LogP contribution in [-0.2, 0) is 12.8 Å². The first-order valence-electron chi connectivity index (χ1n) is 9.51. The number of anilines is 2. The lowest BCUT2D eigenvalue weighted by Gasteiger charge is -2.35. The van der Waals surface area contributed by atoms with E-state index in [1.165, 1.54) is 28.5 Å². The average molecular weight is 382 g/mol. The van der Waals surface area contributed by atoms with Crippen molar-refractivity contribution < 1.29 is 0 Å². The van der Waals surface area contributed by atoms with Crippen molar-refractivity contribution in [1.82, 2.24) is 24.7 Å². The Hall–Kier alpha value is -2.48. The quantitative estimate of drug-likeness (QED) is 0.695. The second-order valence-corrected chi connectivity index (χ2v) is 8.33. The van der Waals surface area contributed by atoms with Gasteiger partial charge in [0.25, 0.3) is 0 Å². The Morgan fingerprint density at radius 1 is 0.926 bits per heavy atom. The summed E-state index contributed by atoms with van der Waals surface area (Å²) in [6, 6.07) is 4.10. The van der Waals surface area contributed by atoms with E-state index in [1.54, 1.807) is 6.33 Å². The van der Waals surface area contributed by atoms with E-state index in [0.29, 0.717) is 0 Å². The number of nitrogens with zero attached hydrogens (tertiary/aromatic N) is 7. The summed E-state index contributed by atoms with van der Waals surface area (Å²) in [5, 5.41) is 5.73. The Labute approximate surface area is 162 Å². The normalized spacial score (nSPS) is 16.8. The first kappa shape index (κ1) is 16.7. The lowest BCUT2D eigenvalue weighted by Crippen LogP contribution is -2.46. The Morgan fingerprint density at radius 2 is 1.70 bits per heavy atom. The molecule has 8 heteroatoms. The zero-order valence-electron chi connectivity index (χ0n) is 15.7. The summed E-state index contributed by atoms with van der Waals surface area (Å²) in [5.74, 6) is 1.79. The topological polar surface area (TPSA) is 63.0 Å².